The number of thiophene rings is 1. The summed E-state index contributed by atoms with van der Waals surface area (Å²) in [5.41, 5.74) is 2.64. The van der Waals surface area contributed by atoms with Crippen molar-refractivity contribution in [2.45, 2.75) is 19.8 Å². The number of nitrogens with one attached hydrogen (secondary N) is 1. The van der Waals surface area contributed by atoms with Crippen LogP contribution in [0.25, 0.3) is 11.1 Å². The summed E-state index contributed by atoms with van der Waals surface area (Å²) in [7, 11) is 0. The van der Waals surface area contributed by atoms with Gasteiger partial charge in [-0.05, 0) is 59.3 Å². The van der Waals surface area contributed by atoms with Crippen LogP contribution in [-0.2, 0) is 11.3 Å². The molecule has 0 unspecified atom stereocenters. The predicted molar refractivity (Wildman–Crippen MR) is 110 cm³/mol. The van der Waals surface area contributed by atoms with Crippen LogP contribution in [0, 0.1) is 0 Å². The molecule has 5 nitrogen and oxygen atoms in total. The highest BCUT2D eigenvalue weighted by molar-refractivity contribution is 7.12. The van der Waals surface area contributed by atoms with E-state index in [0.29, 0.717) is 28.2 Å². The van der Waals surface area contributed by atoms with Gasteiger partial charge in [-0.1, -0.05) is 24.3 Å². The minimum Gasteiger partial charge on any atom is -0.462 e. The highest BCUT2D eigenvalue weighted by Gasteiger charge is 2.31. The van der Waals surface area contributed by atoms with Crippen molar-refractivity contribution in [1.29, 1.82) is 0 Å². The average molecular weight is 449 g/mol. The molecule has 0 bridgehead atoms. The first-order valence-corrected chi connectivity index (χ1v) is 10.1. The normalized spacial score (nSPS) is 11.1. The zero-order valence-corrected chi connectivity index (χ0v) is 17.2. The summed E-state index contributed by atoms with van der Waals surface area (Å²) in [5.74, 6) is -0.983. The van der Waals surface area contributed by atoms with E-state index in [2.05, 4.69) is 10.1 Å². The van der Waals surface area contributed by atoms with Crippen LogP contribution >= 0.6 is 11.3 Å². The lowest BCUT2D eigenvalue weighted by molar-refractivity contribution is -0.274. The Kier molecular flexibility index (Phi) is 6.96. The van der Waals surface area contributed by atoms with Crippen molar-refractivity contribution in [3.8, 4) is 16.9 Å². The van der Waals surface area contributed by atoms with Gasteiger partial charge in [-0.25, -0.2) is 4.79 Å². The van der Waals surface area contributed by atoms with Crippen LogP contribution in [0.3, 0.4) is 0 Å². The fourth-order valence-electron chi connectivity index (χ4n) is 2.70. The van der Waals surface area contributed by atoms with Crippen molar-refractivity contribution in [2.24, 2.45) is 0 Å². The highest BCUT2D eigenvalue weighted by Crippen LogP contribution is 2.29. The molecule has 3 aromatic rings. The third kappa shape index (κ3) is 6.32. The SMILES string of the molecule is CCOC(=O)c1ccc(CNC(=O)c2cc(-c3ccc(OC(F)(F)F)cc3)cs2)cc1. The van der Waals surface area contributed by atoms with Gasteiger partial charge in [0.15, 0.2) is 0 Å². The van der Waals surface area contributed by atoms with E-state index in [-0.39, 0.29) is 18.2 Å². The monoisotopic (exact) mass is 449 g/mol. The number of rotatable bonds is 7. The number of benzene rings is 2. The van der Waals surface area contributed by atoms with Crippen LogP contribution in [0.4, 0.5) is 13.2 Å². The molecule has 1 heterocycles. The summed E-state index contributed by atoms with van der Waals surface area (Å²) in [4.78, 5) is 24.5. The van der Waals surface area contributed by atoms with Crippen molar-refractivity contribution < 1.29 is 32.2 Å². The third-order valence-electron chi connectivity index (χ3n) is 4.16. The minimum atomic E-state index is -4.74. The van der Waals surface area contributed by atoms with Crippen LogP contribution in [0.15, 0.2) is 60.0 Å². The first-order chi connectivity index (χ1) is 14.7. The second kappa shape index (κ2) is 9.65. The lowest BCUT2D eigenvalue weighted by Crippen LogP contribution is -2.21. The number of halogens is 3. The van der Waals surface area contributed by atoms with Crippen LogP contribution in [0.1, 0.15) is 32.5 Å². The summed E-state index contributed by atoms with van der Waals surface area (Å²) < 4.78 is 45.5. The molecule has 31 heavy (non-hydrogen) atoms. The molecule has 0 saturated heterocycles. The van der Waals surface area contributed by atoms with Gasteiger partial charge in [0, 0.05) is 6.54 Å². The third-order valence-corrected chi connectivity index (χ3v) is 5.09. The maximum absolute atomic E-state index is 12.4. The molecule has 1 N–H and O–H groups in total. The first kappa shape index (κ1) is 22.4. The van der Waals surface area contributed by atoms with Gasteiger partial charge in [-0.2, -0.15) is 0 Å². The average Bonchev–Trinajstić information content (AvgIpc) is 3.22. The molecule has 0 saturated carbocycles. The summed E-state index contributed by atoms with van der Waals surface area (Å²) in [5, 5.41) is 4.55. The van der Waals surface area contributed by atoms with Crippen molar-refractivity contribution in [2.75, 3.05) is 6.61 Å². The predicted octanol–water partition coefficient (Wildman–Crippen LogP) is 5.42. The maximum Gasteiger partial charge on any atom is 0.573 e. The number of hydrogen-bond acceptors (Lipinski definition) is 5. The summed E-state index contributed by atoms with van der Waals surface area (Å²) in [6.45, 7) is 2.30. The van der Waals surface area contributed by atoms with Crippen molar-refractivity contribution in [3.63, 3.8) is 0 Å². The molecule has 0 atom stereocenters. The van der Waals surface area contributed by atoms with Crippen LogP contribution in [-0.4, -0.2) is 24.8 Å². The van der Waals surface area contributed by atoms with Gasteiger partial charge in [0.1, 0.15) is 5.75 Å². The van der Waals surface area contributed by atoms with E-state index in [0.717, 1.165) is 5.56 Å². The van der Waals surface area contributed by atoms with E-state index in [4.69, 9.17) is 4.74 Å². The van der Waals surface area contributed by atoms with E-state index in [1.165, 1.54) is 35.6 Å². The largest absolute Gasteiger partial charge is 0.573 e. The van der Waals surface area contributed by atoms with Crippen molar-refractivity contribution in [3.05, 3.63) is 76.0 Å². The standard InChI is InChI=1S/C22H18F3NO4S/c1-2-29-21(28)16-5-3-14(4-6-16)12-26-20(27)19-11-17(13-31-19)15-7-9-18(10-8-15)30-22(23,24)25/h3-11,13H,2,12H2,1H3,(H,26,27). The quantitative estimate of drug-likeness (QED) is 0.489. The van der Waals surface area contributed by atoms with E-state index < -0.39 is 12.3 Å². The number of alkyl halides is 3. The highest BCUT2D eigenvalue weighted by atomic mass is 32.1. The lowest BCUT2D eigenvalue weighted by atomic mass is 10.1. The number of carbonyl (C=O) groups excluding carboxylic acids is 2. The fraction of sp³-hybridized carbons (Fsp3) is 0.182. The maximum atomic E-state index is 12.4. The van der Waals surface area contributed by atoms with E-state index in [9.17, 15) is 22.8 Å². The second-order valence-corrected chi connectivity index (χ2v) is 7.28. The van der Waals surface area contributed by atoms with Gasteiger partial charge in [0.2, 0.25) is 0 Å². The van der Waals surface area contributed by atoms with E-state index in [1.54, 1.807) is 42.6 Å². The van der Waals surface area contributed by atoms with E-state index >= 15 is 0 Å². The molecule has 0 spiro atoms. The van der Waals surface area contributed by atoms with Crippen LogP contribution in [0.2, 0.25) is 0 Å². The first-order valence-electron chi connectivity index (χ1n) is 9.24. The van der Waals surface area contributed by atoms with Gasteiger partial charge in [0.05, 0.1) is 17.0 Å². The molecule has 9 heteroatoms. The molecule has 3 rings (SSSR count). The fourth-order valence-corrected chi connectivity index (χ4v) is 3.53. The number of hydrogen-bond donors (Lipinski definition) is 1. The molecule has 0 aliphatic heterocycles. The molecule has 0 aliphatic rings. The molecule has 162 valence electrons. The zero-order chi connectivity index (χ0) is 22.4. The van der Waals surface area contributed by atoms with Crippen LogP contribution < -0.4 is 10.1 Å². The Balaban J connectivity index is 1.58. The van der Waals surface area contributed by atoms with Crippen molar-refractivity contribution >= 4 is 23.2 Å². The molecular weight excluding hydrogens is 431 g/mol. The summed E-state index contributed by atoms with van der Waals surface area (Å²) in [6.07, 6.45) is -4.74. The molecule has 0 fully saturated rings. The van der Waals surface area contributed by atoms with Gasteiger partial charge < -0.3 is 14.8 Å². The van der Waals surface area contributed by atoms with Gasteiger partial charge in [-0.3, -0.25) is 4.79 Å². The minimum absolute atomic E-state index is 0.275. The zero-order valence-electron chi connectivity index (χ0n) is 16.4. The molecule has 1 aromatic heterocycles. The van der Waals surface area contributed by atoms with Gasteiger partial charge in [-0.15, -0.1) is 24.5 Å². The number of amides is 1. The topological polar surface area (TPSA) is 64.6 Å². The van der Waals surface area contributed by atoms with E-state index in [1.807, 2.05) is 0 Å². The Morgan fingerprint density at radius 1 is 1.00 bits per heavy atom. The Labute approximate surface area is 180 Å². The molecule has 0 radical (unpaired) electrons. The lowest BCUT2D eigenvalue weighted by Gasteiger charge is -2.08. The van der Waals surface area contributed by atoms with Gasteiger partial charge >= 0.3 is 12.3 Å². The smallest absolute Gasteiger partial charge is 0.462 e. The number of ether oxygens (including phenoxy) is 2. The van der Waals surface area contributed by atoms with Crippen LogP contribution in [0.5, 0.6) is 5.75 Å². The second-order valence-electron chi connectivity index (χ2n) is 6.37. The Bertz CT molecular complexity index is 1040. The number of esters is 1. The van der Waals surface area contributed by atoms with Gasteiger partial charge in [0.25, 0.3) is 5.91 Å². The molecule has 1 amide bonds. The number of carbonyl (C=O) groups is 2. The molecule has 2 aromatic carbocycles. The Morgan fingerprint density at radius 3 is 2.29 bits per heavy atom. The molecular formula is C22H18F3NO4S. The summed E-state index contributed by atoms with van der Waals surface area (Å²) >= 11 is 1.23. The molecule has 0 aliphatic carbocycles. The Morgan fingerprint density at radius 2 is 1.68 bits per heavy atom. The summed E-state index contributed by atoms with van der Waals surface area (Å²) in [6, 6.07) is 13.8. The van der Waals surface area contributed by atoms with Crippen molar-refractivity contribution in [1.82, 2.24) is 5.32 Å². The Hall–Kier alpha value is -3.33.